The number of hydrogen-bond acceptors (Lipinski definition) is 3. The number of carbonyl (C=O) groups excluding carboxylic acids is 1. The van der Waals surface area contributed by atoms with E-state index in [1.54, 1.807) is 6.92 Å². The molecule has 1 saturated heterocycles. The summed E-state index contributed by atoms with van der Waals surface area (Å²) in [5, 5.41) is 9.46. The lowest BCUT2D eigenvalue weighted by molar-refractivity contribution is -0.154. The summed E-state index contributed by atoms with van der Waals surface area (Å²) in [5.74, 6) is -2.06. The fourth-order valence-corrected chi connectivity index (χ4v) is 1.78. The lowest BCUT2D eigenvalue weighted by Gasteiger charge is -2.43. The second kappa shape index (κ2) is 4.53. The Morgan fingerprint density at radius 2 is 2.17 bits per heavy atom. The average molecular weight is 257 g/mol. The smallest absolute Gasteiger partial charge is 0.260 e. The number of halogens is 2. The van der Waals surface area contributed by atoms with E-state index in [9.17, 15) is 18.7 Å². The molecule has 0 atom stereocenters. The average Bonchev–Trinajstić information content (AvgIpc) is 2.24. The zero-order chi connectivity index (χ0) is 13.3. The number of hydrogen-bond donors (Lipinski definition) is 1. The van der Waals surface area contributed by atoms with Crippen molar-refractivity contribution in [1.82, 2.24) is 4.90 Å². The Labute approximate surface area is 103 Å². The van der Waals surface area contributed by atoms with Gasteiger partial charge in [-0.25, -0.2) is 8.78 Å². The van der Waals surface area contributed by atoms with Crippen LogP contribution in [0.15, 0.2) is 18.2 Å². The number of β-amino-alcohol motifs (C(OH)–C–C–N with tert-alkyl or cyclic N) is 1. The molecule has 0 radical (unpaired) electrons. The molecule has 1 aromatic rings. The van der Waals surface area contributed by atoms with Crippen LogP contribution in [-0.2, 0) is 4.79 Å². The number of aliphatic hydroxyl groups is 1. The fraction of sp³-hybridized carbons (Fsp3) is 0.417. The van der Waals surface area contributed by atoms with Gasteiger partial charge in [0.2, 0.25) is 0 Å². The number of carbonyl (C=O) groups is 1. The highest BCUT2D eigenvalue weighted by molar-refractivity contribution is 5.78. The third kappa shape index (κ3) is 2.76. The Morgan fingerprint density at radius 1 is 1.50 bits per heavy atom. The maximum absolute atomic E-state index is 13.2. The first-order valence-corrected chi connectivity index (χ1v) is 5.45. The van der Waals surface area contributed by atoms with Gasteiger partial charge in [0.05, 0.1) is 18.7 Å². The van der Waals surface area contributed by atoms with Crippen LogP contribution in [0.2, 0.25) is 0 Å². The minimum Gasteiger partial charge on any atom is -0.481 e. The third-order valence-corrected chi connectivity index (χ3v) is 2.66. The van der Waals surface area contributed by atoms with Gasteiger partial charge in [0.1, 0.15) is 5.82 Å². The molecule has 18 heavy (non-hydrogen) atoms. The van der Waals surface area contributed by atoms with Crippen LogP contribution in [0.3, 0.4) is 0 Å². The van der Waals surface area contributed by atoms with Crippen LogP contribution in [0.5, 0.6) is 5.75 Å². The molecule has 1 aliphatic heterocycles. The van der Waals surface area contributed by atoms with Crippen LogP contribution in [0.25, 0.3) is 0 Å². The van der Waals surface area contributed by atoms with Crippen LogP contribution >= 0.6 is 0 Å². The Bertz CT molecular complexity index is 468. The van der Waals surface area contributed by atoms with Gasteiger partial charge in [-0.2, -0.15) is 0 Å². The lowest BCUT2D eigenvalue weighted by atomic mass is 9.97. The quantitative estimate of drug-likeness (QED) is 0.876. The summed E-state index contributed by atoms with van der Waals surface area (Å²) in [6.07, 6.45) is 0. The summed E-state index contributed by atoms with van der Waals surface area (Å²) in [5.41, 5.74) is -0.850. The van der Waals surface area contributed by atoms with Gasteiger partial charge in [0.25, 0.3) is 5.91 Å². The molecule has 4 nitrogen and oxygen atoms in total. The summed E-state index contributed by atoms with van der Waals surface area (Å²) in [7, 11) is 0. The number of rotatable bonds is 3. The van der Waals surface area contributed by atoms with E-state index in [0.717, 1.165) is 12.1 Å². The molecule has 6 heteroatoms. The molecule has 1 amide bonds. The van der Waals surface area contributed by atoms with E-state index in [0.29, 0.717) is 6.07 Å². The molecule has 1 aromatic carbocycles. The minimum absolute atomic E-state index is 0.169. The van der Waals surface area contributed by atoms with Crippen LogP contribution in [-0.4, -0.2) is 41.2 Å². The number of nitrogens with zero attached hydrogens (tertiary/aromatic N) is 1. The van der Waals surface area contributed by atoms with Gasteiger partial charge >= 0.3 is 0 Å². The number of amides is 1. The highest BCUT2D eigenvalue weighted by Gasteiger charge is 2.39. The van der Waals surface area contributed by atoms with Crippen LogP contribution in [0, 0.1) is 11.6 Å². The Hall–Kier alpha value is -1.69. The molecule has 1 aliphatic rings. The van der Waals surface area contributed by atoms with Crippen molar-refractivity contribution in [2.24, 2.45) is 0 Å². The SMILES string of the molecule is CC1(O)CN(C(=O)COc2ccc(F)cc2F)C1. The van der Waals surface area contributed by atoms with Gasteiger partial charge in [-0.3, -0.25) is 4.79 Å². The summed E-state index contributed by atoms with van der Waals surface area (Å²) in [4.78, 5) is 13.0. The minimum atomic E-state index is -0.850. The molecule has 0 unspecified atom stereocenters. The Balaban J connectivity index is 1.86. The van der Waals surface area contributed by atoms with E-state index in [4.69, 9.17) is 4.74 Å². The van der Waals surface area contributed by atoms with Crippen molar-refractivity contribution in [3.8, 4) is 5.75 Å². The topological polar surface area (TPSA) is 49.8 Å². The predicted molar refractivity (Wildman–Crippen MR) is 59.1 cm³/mol. The number of benzene rings is 1. The van der Waals surface area contributed by atoms with Crippen molar-refractivity contribution in [2.75, 3.05) is 19.7 Å². The third-order valence-electron chi connectivity index (χ3n) is 2.66. The predicted octanol–water partition coefficient (Wildman–Crippen LogP) is 0.937. The largest absolute Gasteiger partial charge is 0.481 e. The normalized spacial score (nSPS) is 17.2. The molecule has 1 heterocycles. The Morgan fingerprint density at radius 3 is 2.72 bits per heavy atom. The molecule has 98 valence electrons. The first kappa shape index (κ1) is 12.8. The Kier molecular flexibility index (Phi) is 3.21. The van der Waals surface area contributed by atoms with Crippen molar-refractivity contribution in [3.63, 3.8) is 0 Å². The summed E-state index contributed by atoms with van der Waals surface area (Å²) in [6.45, 7) is 1.76. The first-order chi connectivity index (χ1) is 8.37. The molecule has 0 saturated carbocycles. The molecule has 0 aromatic heterocycles. The van der Waals surface area contributed by atoms with Crippen molar-refractivity contribution < 1.29 is 23.4 Å². The van der Waals surface area contributed by atoms with Crippen LogP contribution < -0.4 is 4.74 Å². The maximum atomic E-state index is 13.2. The van der Waals surface area contributed by atoms with Gasteiger partial charge < -0.3 is 14.7 Å². The van der Waals surface area contributed by atoms with Crippen molar-refractivity contribution in [1.29, 1.82) is 0 Å². The molecule has 0 bridgehead atoms. The van der Waals surface area contributed by atoms with Crippen LogP contribution in [0.1, 0.15) is 6.92 Å². The highest BCUT2D eigenvalue weighted by atomic mass is 19.1. The standard InChI is InChI=1S/C12H13F2NO3/c1-12(17)6-15(7-12)11(16)5-18-10-3-2-8(13)4-9(10)14/h2-4,17H,5-7H2,1H3. The second-order valence-corrected chi connectivity index (χ2v) is 4.61. The molecule has 1 N–H and O–H groups in total. The zero-order valence-electron chi connectivity index (χ0n) is 9.82. The van der Waals surface area contributed by atoms with Gasteiger partial charge in [-0.05, 0) is 19.1 Å². The van der Waals surface area contributed by atoms with Gasteiger partial charge in [-0.15, -0.1) is 0 Å². The van der Waals surface area contributed by atoms with Gasteiger partial charge in [0, 0.05) is 6.07 Å². The van der Waals surface area contributed by atoms with Crippen LogP contribution in [0.4, 0.5) is 8.78 Å². The van der Waals surface area contributed by atoms with Gasteiger partial charge in [0.15, 0.2) is 18.2 Å². The maximum Gasteiger partial charge on any atom is 0.260 e. The van der Waals surface area contributed by atoms with E-state index in [1.165, 1.54) is 4.90 Å². The molecule has 0 spiro atoms. The first-order valence-electron chi connectivity index (χ1n) is 5.45. The second-order valence-electron chi connectivity index (χ2n) is 4.61. The monoisotopic (exact) mass is 257 g/mol. The summed E-state index contributed by atoms with van der Waals surface area (Å²) >= 11 is 0. The van der Waals surface area contributed by atoms with Crippen molar-refractivity contribution >= 4 is 5.91 Å². The molecular formula is C12H13F2NO3. The molecular weight excluding hydrogens is 244 g/mol. The van der Waals surface area contributed by atoms with E-state index < -0.39 is 17.2 Å². The van der Waals surface area contributed by atoms with E-state index >= 15 is 0 Å². The highest BCUT2D eigenvalue weighted by Crippen LogP contribution is 2.21. The number of likely N-dealkylation sites (tertiary alicyclic amines) is 1. The number of ether oxygens (including phenoxy) is 1. The molecule has 2 rings (SSSR count). The van der Waals surface area contributed by atoms with Crippen molar-refractivity contribution in [2.45, 2.75) is 12.5 Å². The molecule has 0 aliphatic carbocycles. The van der Waals surface area contributed by atoms with E-state index in [1.807, 2.05) is 0 Å². The van der Waals surface area contributed by atoms with Gasteiger partial charge in [-0.1, -0.05) is 0 Å². The fourth-order valence-electron chi connectivity index (χ4n) is 1.78. The molecule has 1 fully saturated rings. The summed E-state index contributed by atoms with van der Waals surface area (Å²) in [6, 6.07) is 2.87. The van der Waals surface area contributed by atoms with E-state index in [2.05, 4.69) is 0 Å². The zero-order valence-corrected chi connectivity index (χ0v) is 9.82. The summed E-state index contributed by atoms with van der Waals surface area (Å²) < 4.78 is 30.8. The van der Waals surface area contributed by atoms with Crippen molar-refractivity contribution in [3.05, 3.63) is 29.8 Å². The lowest BCUT2D eigenvalue weighted by Crippen LogP contribution is -2.62. The van der Waals surface area contributed by atoms with E-state index in [-0.39, 0.29) is 31.4 Å².